The van der Waals surface area contributed by atoms with Gasteiger partial charge in [-0.15, -0.1) is 0 Å². The second-order valence-electron chi connectivity index (χ2n) is 8.07. The Morgan fingerprint density at radius 1 is 1.09 bits per heavy atom. The molecule has 1 aliphatic heterocycles. The number of esters is 1. The molecule has 184 valence electrons. The minimum Gasteiger partial charge on any atom is -0.497 e. The van der Waals surface area contributed by atoms with E-state index in [1.54, 1.807) is 38.1 Å². The van der Waals surface area contributed by atoms with E-state index in [0.717, 1.165) is 16.1 Å². The van der Waals surface area contributed by atoms with Gasteiger partial charge in [0.2, 0.25) is 15.9 Å². The molecular weight excluding hydrogens is 452 g/mol. The number of benzene rings is 1. The molecule has 1 aromatic rings. The van der Waals surface area contributed by atoms with Crippen molar-refractivity contribution in [2.45, 2.75) is 38.4 Å². The van der Waals surface area contributed by atoms with Gasteiger partial charge in [0.05, 0.1) is 20.5 Å². The van der Waals surface area contributed by atoms with Gasteiger partial charge in [-0.3, -0.25) is 4.79 Å². The fourth-order valence-electron chi connectivity index (χ4n) is 3.46. The third-order valence-corrected chi connectivity index (χ3v) is 6.46. The van der Waals surface area contributed by atoms with E-state index in [9.17, 15) is 22.8 Å². The number of ether oxygens (including phenoxy) is 2. The fraction of sp³-hybridized carbons (Fsp3) is 0.571. The van der Waals surface area contributed by atoms with Crippen LogP contribution >= 0.6 is 0 Å². The standard InChI is InChI=1S/C21H32N4O7S/c1-14(2)22-21(28)25-11-10-24(33(5,29)30)13-18(25)19(26)23-17(20(27)32-4)12-15-6-8-16(31-3)9-7-15/h6-9,14,17-18H,10-13H2,1-5H3,(H,22,28)(H,23,26)/t17-,18-/m0/s1. The molecule has 2 rings (SSSR count). The first-order chi connectivity index (χ1) is 15.5. The van der Waals surface area contributed by atoms with Crippen molar-refractivity contribution in [3.8, 4) is 5.75 Å². The molecule has 0 bridgehead atoms. The zero-order valence-corrected chi connectivity index (χ0v) is 20.3. The maximum atomic E-state index is 13.2. The van der Waals surface area contributed by atoms with Crippen molar-refractivity contribution < 1.29 is 32.3 Å². The number of nitrogens with one attached hydrogen (secondary N) is 2. The van der Waals surface area contributed by atoms with Crippen molar-refractivity contribution in [2.24, 2.45) is 0 Å². The Bertz CT molecular complexity index is 950. The molecule has 33 heavy (non-hydrogen) atoms. The molecule has 1 fully saturated rings. The van der Waals surface area contributed by atoms with E-state index in [4.69, 9.17) is 9.47 Å². The third kappa shape index (κ3) is 7.32. The minimum atomic E-state index is -3.58. The highest BCUT2D eigenvalue weighted by Crippen LogP contribution is 2.16. The van der Waals surface area contributed by atoms with Crippen LogP contribution in [0.15, 0.2) is 24.3 Å². The van der Waals surface area contributed by atoms with Crippen LogP contribution in [0.3, 0.4) is 0 Å². The van der Waals surface area contributed by atoms with Crippen molar-refractivity contribution >= 4 is 27.9 Å². The average molecular weight is 485 g/mol. The molecule has 0 radical (unpaired) electrons. The molecule has 0 aromatic heterocycles. The monoisotopic (exact) mass is 484 g/mol. The lowest BCUT2D eigenvalue weighted by atomic mass is 10.0. The van der Waals surface area contributed by atoms with Crippen molar-refractivity contribution in [1.82, 2.24) is 19.8 Å². The maximum absolute atomic E-state index is 13.2. The number of urea groups is 1. The number of carbonyl (C=O) groups excluding carboxylic acids is 3. The van der Waals surface area contributed by atoms with Gasteiger partial charge < -0.3 is 25.0 Å². The first kappa shape index (κ1) is 26.4. The van der Waals surface area contributed by atoms with E-state index in [1.807, 2.05) is 0 Å². The highest BCUT2D eigenvalue weighted by atomic mass is 32.2. The zero-order chi connectivity index (χ0) is 24.8. The molecule has 2 N–H and O–H groups in total. The lowest BCUT2D eigenvalue weighted by Crippen LogP contribution is -2.64. The highest BCUT2D eigenvalue weighted by Gasteiger charge is 2.39. The van der Waals surface area contributed by atoms with Gasteiger partial charge in [0, 0.05) is 32.1 Å². The van der Waals surface area contributed by atoms with Crippen molar-refractivity contribution in [2.75, 3.05) is 40.1 Å². The molecule has 1 saturated heterocycles. The molecule has 11 nitrogen and oxygen atoms in total. The van der Waals surface area contributed by atoms with Crippen LogP contribution in [0.1, 0.15) is 19.4 Å². The summed E-state index contributed by atoms with van der Waals surface area (Å²) in [6.45, 7) is 3.45. The number of carbonyl (C=O) groups is 3. The molecule has 0 aliphatic carbocycles. The second kappa shape index (κ2) is 11.3. The lowest BCUT2D eigenvalue weighted by molar-refractivity contribution is -0.145. The predicted molar refractivity (Wildman–Crippen MR) is 121 cm³/mol. The van der Waals surface area contributed by atoms with Gasteiger partial charge in [-0.05, 0) is 31.5 Å². The van der Waals surface area contributed by atoms with E-state index in [0.29, 0.717) is 5.75 Å². The van der Waals surface area contributed by atoms with Gasteiger partial charge in [-0.2, -0.15) is 4.31 Å². The molecular formula is C21H32N4O7S. The Balaban J connectivity index is 2.25. The average Bonchev–Trinajstić information content (AvgIpc) is 2.77. The van der Waals surface area contributed by atoms with Crippen LogP contribution in [-0.2, 0) is 30.8 Å². The number of sulfonamides is 1. The smallest absolute Gasteiger partial charge is 0.328 e. The van der Waals surface area contributed by atoms with Crippen LogP contribution in [-0.4, -0.2) is 93.8 Å². The normalized spacial score (nSPS) is 17.9. The number of hydrogen-bond donors (Lipinski definition) is 2. The van der Waals surface area contributed by atoms with Crippen LogP contribution in [0.4, 0.5) is 4.79 Å². The summed E-state index contributed by atoms with van der Waals surface area (Å²) >= 11 is 0. The highest BCUT2D eigenvalue weighted by molar-refractivity contribution is 7.88. The Labute approximate surface area is 194 Å². The van der Waals surface area contributed by atoms with Crippen LogP contribution in [0.5, 0.6) is 5.75 Å². The minimum absolute atomic E-state index is 0.0328. The summed E-state index contributed by atoms with van der Waals surface area (Å²) in [5.41, 5.74) is 0.752. The summed E-state index contributed by atoms with van der Waals surface area (Å²) in [6.07, 6.45) is 1.19. The van der Waals surface area contributed by atoms with Crippen LogP contribution in [0.25, 0.3) is 0 Å². The maximum Gasteiger partial charge on any atom is 0.328 e. The van der Waals surface area contributed by atoms with Crippen molar-refractivity contribution in [1.29, 1.82) is 0 Å². The number of rotatable bonds is 8. The third-order valence-electron chi connectivity index (χ3n) is 5.19. The summed E-state index contributed by atoms with van der Waals surface area (Å²) in [5, 5.41) is 5.36. The van der Waals surface area contributed by atoms with E-state index in [2.05, 4.69) is 10.6 Å². The number of nitrogens with zero attached hydrogens (tertiary/aromatic N) is 2. The Morgan fingerprint density at radius 2 is 1.73 bits per heavy atom. The summed E-state index contributed by atoms with van der Waals surface area (Å²) in [6, 6.07) is 4.18. The Kier molecular flexibility index (Phi) is 9.06. The summed E-state index contributed by atoms with van der Waals surface area (Å²) in [5.74, 6) is -0.661. The molecule has 0 saturated carbocycles. The van der Waals surface area contributed by atoms with Crippen LogP contribution < -0.4 is 15.4 Å². The number of amides is 3. The molecule has 1 aliphatic rings. The van der Waals surface area contributed by atoms with Crippen molar-refractivity contribution in [3.63, 3.8) is 0 Å². The first-order valence-electron chi connectivity index (χ1n) is 10.5. The number of piperazine rings is 1. The molecule has 0 spiro atoms. The first-order valence-corrected chi connectivity index (χ1v) is 12.3. The molecule has 0 unspecified atom stereocenters. The number of hydrogen-bond acceptors (Lipinski definition) is 7. The zero-order valence-electron chi connectivity index (χ0n) is 19.5. The topological polar surface area (TPSA) is 134 Å². The van der Waals surface area contributed by atoms with Gasteiger partial charge in [-0.1, -0.05) is 12.1 Å². The largest absolute Gasteiger partial charge is 0.497 e. The lowest BCUT2D eigenvalue weighted by Gasteiger charge is -2.40. The number of methoxy groups -OCH3 is 2. The summed E-state index contributed by atoms with van der Waals surface area (Å²) < 4.78 is 35.3. The quantitative estimate of drug-likeness (QED) is 0.495. The predicted octanol–water partition coefficient (Wildman–Crippen LogP) is -0.0407. The Morgan fingerprint density at radius 3 is 2.24 bits per heavy atom. The van der Waals surface area contributed by atoms with Crippen LogP contribution in [0.2, 0.25) is 0 Å². The van der Waals surface area contributed by atoms with E-state index < -0.39 is 40.0 Å². The molecule has 1 heterocycles. The second-order valence-corrected chi connectivity index (χ2v) is 10.1. The molecule has 1 aromatic carbocycles. The van der Waals surface area contributed by atoms with Gasteiger partial charge in [0.1, 0.15) is 17.8 Å². The SMILES string of the molecule is COC(=O)[C@H](Cc1ccc(OC)cc1)NC(=O)[C@@H]1CN(S(C)(=O)=O)CCN1C(=O)NC(C)C. The fourth-order valence-corrected chi connectivity index (χ4v) is 4.28. The molecule has 3 amide bonds. The van der Waals surface area contributed by atoms with E-state index in [1.165, 1.54) is 19.1 Å². The Hall–Kier alpha value is -2.86. The summed E-state index contributed by atoms with van der Waals surface area (Å²) in [4.78, 5) is 39.6. The van der Waals surface area contributed by atoms with Gasteiger partial charge in [0.15, 0.2) is 0 Å². The van der Waals surface area contributed by atoms with E-state index >= 15 is 0 Å². The molecule has 12 heteroatoms. The summed E-state index contributed by atoms with van der Waals surface area (Å²) in [7, 11) is -0.826. The van der Waals surface area contributed by atoms with E-state index in [-0.39, 0.29) is 32.1 Å². The van der Waals surface area contributed by atoms with Gasteiger partial charge >= 0.3 is 12.0 Å². The van der Waals surface area contributed by atoms with Crippen molar-refractivity contribution in [3.05, 3.63) is 29.8 Å². The van der Waals surface area contributed by atoms with Crippen LogP contribution in [0, 0.1) is 0 Å². The van der Waals surface area contributed by atoms with Gasteiger partial charge in [-0.25, -0.2) is 18.0 Å². The molecule has 2 atom stereocenters. The van der Waals surface area contributed by atoms with Gasteiger partial charge in [0.25, 0.3) is 0 Å².